The maximum Gasteiger partial charge on any atom is 0.234 e. The lowest BCUT2D eigenvalue weighted by atomic mass is 10.1. The van der Waals surface area contributed by atoms with E-state index in [-0.39, 0.29) is 17.8 Å². The fourth-order valence-electron chi connectivity index (χ4n) is 3.16. The highest BCUT2D eigenvalue weighted by atomic mass is 35.5. The predicted molar refractivity (Wildman–Crippen MR) is 131 cm³/mol. The Hall–Kier alpha value is -2.77. The van der Waals surface area contributed by atoms with E-state index in [1.165, 1.54) is 11.8 Å². The summed E-state index contributed by atoms with van der Waals surface area (Å²) in [5, 5.41) is 12.9. The number of carbonyl (C=O) groups is 1. The van der Waals surface area contributed by atoms with Crippen LogP contribution in [0.5, 0.6) is 5.75 Å². The summed E-state index contributed by atoms with van der Waals surface area (Å²) in [6.45, 7) is 12.2. The van der Waals surface area contributed by atoms with Gasteiger partial charge in [-0.15, -0.1) is 16.8 Å². The van der Waals surface area contributed by atoms with Gasteiger partial charge < -0.3 is 10.1 Å². The van der Waals surface area contributed by atoms with Crippen molar-refractivity contribution in [3.63, 3.8) is 0 Å². The summed E-state index contributed by atoms with van der Waals surface area (Å²) in [5.74, 6) is 1.48. The van der Waals surface area contributed by atoms with Gasteiger partial charge in [-0.25, -0.2) is 0 Å². The number of carbonyl (C=O) groups excluding carboxylic acids is 1. The number of benzene rings is 2. The van der Waals surface area contributed by atoms with Crippen molar-refractivity contribution in [2.45, 2.75) is 45.5 Å². The Bertz CT molecular complexity index is 1130. The van der Waals surface area contributed by atoms with Crippen molar-refractivity contribution in [2.75, 3.05) is 11.1 Å². The normalized spacial score (nSPS) is 11.8. The van der Waals surface area contributed by atoms with Crippen LogP contribution in [-0.4, -0.2) is 26.4 Å². The molecule has 0 aliphatic carbocycles. The van der Waals surface area contributed by atoms with E-state index in [1.807, 2.05) is 68.7 Å². The highest BCUT2D eigenvalue weighted by Gasteiger charge is 2.20. The standard InChI is InChI=1S/C24H27ClN4O2S/c1-6-12-29-23(18(5)31-19-10-11-20(25)16(3)13-19)27-28-24(29)32-14-22(30)26-21-9-7-8-15(2)17(21)4/h6-11,13,18H,1,12,14H2,2-5H3,(H,26,30). The van der Waals surface area contributed by atoms with Gasteiger partial charge in [-0.2, -0.15) is 0 Å². The molecule has 0 saturated heterocycles. The molecule has 3 aromatic rings. The van der Waals surface area contributed by atoms with Crippen molar-refractivity contribution in [2.24, 2.45) is 0 Å². The average molecular weight is 471 g/mol. The number of aromatic nitrogens is 3. The number of aryl methyl sites for hydroxylation is 2. The van der Waals surface area contributed by atoms with E-state index in [0.29, 0.717) is 28.3 Å². The molecule has 8 heteroatoms. The van der Waals surface area contributed by atoms with Gasteiger partial charge >= 0.3 is 0 Å². The molecule has 0 aliphatic heterocycles. The smallest absolute Gasteiger partial charge is 0.234 e. The Morgan fingerprint density at radius 2 is 2.03 bits per heavy atom. The van der Waals surface area contributed by atoms with E-state index in [4.69, 9.17) is 16.3 Å². The van der Waals surface area contributed by atoms with Gasteiger partial charge in [0, 0.05) is 17.3 Å². The molecule has 1 unspecified atom stereocenters. The van der Waals surface area contributed by atoms with Crippen LogP contribution < -0.4 is 10.1 Å². The van der Waals surface area contributed by atoms with E-state index in [2.05, 4.69) is 22.1 Å². The summed E-state index contributed by atoms with van der Waals surface area (Å²) in [6.07, 6.45) is 1.42. The van der Waals surface area contributed by atoms with Crippen LogP contribution in [0.2, 0.25) is 5.02 Å². The van der Waals surface area contributed by atoms with Gasteiger partial charge in [0.1, 0.15) is 5.75 Å². The number of halogens is 1. The summed E-state index contributed by atoms with van der Waals surface area (Å²) in [7, 11) is 0. The van der Waals surface area contributed by atoms with Gasteiger partial charge in [-0.05, 0) is 68.7 Å². The predicted octanol–water partition coefficient (Wildman–Crippen LogP) is 5.91. The van der Waals surface area contributed by atoms with Crippen molar-refractivity contribution in [3.8, 4) is 5.75 Å². The minimum atomic E-state index is -0.346. The second-order valence-electron chi connectivity index (χ2n) is 7.50. The van der Waals surface area contributed by atoms with Crippen molar-refractivity contribution < 1.29 is 9.53 Å². The SMILES string of the molecule is C=CCn1c(SCC(=O)Nc2cccc(C)c2C)nnc1C(C)Oc1ccc(Cl)c(C)c1. The molecule has 3 rings (SSSR count). The molecule has 0 radical (unpaired) electrons. The zero-order valence-electron chi connectivity index (χ0n) is 18.7. The Morgan fingerprint density at radius 1 is 1.25 bits per heavy atom. The summed E-state index contributed by atoms with van der Waals surface area (Å²) >= 11 is 7.43. The van der Waals surface area contributed by atoms with Crippen LogP contribution in [0.4, 0.5) is 5.69 Å². The highest BCUT2D eigenvalue weighted by Crippen LogP contribution is 2.27. The third-order valence-electron chi connectivity index (χ3n) is 5.07. The number of nitrogens with one attached hydrogen (secondary N) is 1. The second-order valence-corrected chi connectivity index (χ2v) is 8.85. The molecule has 1 aromatic heterocycles. The number of amides is 1. The molecule has 1 atom stereocenters. The van der Waals surface area contributed by atoms with Gasteiger partial charge in [0.25, 0.3) is 0 Å². The van der Waals surface area contributed by atoms with Crippen molar-refractivity contribution in [3.05, 3.63) is 76.6 Å². The Labute approximate surface area is 198 Å². The first-order chi connectivity index (χ1) is 15.3. The lowest BCUT2D eigenvalue weighted by Crippen LogP contribution is -2.16. The summed E-state index contributed by atoms with van der Waals surface area (Å²) in [4.78, 5) is 12.5. The zero-order chi connectivity index (χ0) is 23.3. The maximum absolute atomic E-state index is 12.5. The fourth-order valence-corrected chi connectivity index (χ4v) is 4.03. The number of hydrogen-bond acceptors (Lipinski definition) is 5. The fraction of sp³-hybridized carbons (Fsp3) is 0.292. The Morgan fingerprint density at radius 3 is 2.75 bits per heavy atom. The monoisotopic (exact) mass is 470 g/mol. The first-order valence-electron chi connectivity index (χ1n) is 10.3. The maximum atomic E-state index is 12.5. The number of hydrogen-bond donors (Lipinski definition) is 1. The molecule has 168 valence electrons. The van der Waals surface area contributed by atoms with Crippen LogP contribution in [0.3, 0.4) is 0 Å². The van der Waals surface area contributed by atoms with E-state index in [9.17, 15) is 4.79 Å². The summed E-state index contributed by atoms with van der Waals surface area (Å²) < 4.78 is 7.97. The zero-order valence-corrected chi connectivity index (χ0v) is 20.3. The molecule has 2 aromatic carbocycles. The third kappa shape index (κ3) is 5.72. The molecule has 0 spiro atoms. The van der Waals surface area contributed by atoms with Crippen LogP contribution in [0.15, 0.2) is 54.2 Å². The lowest BCUT2D eigenvalue weighted by Gasteiger charge is -2.16. The molecule has 0 fully saturated rings. The van der Waals surface area contributed by atoms with E-state index in [1.54, 1.807) is 6.08 Å². The summed E-state index contributed by atoms with van der Waals surface area (Å²) in [5.41, 5.74) is 3.96. The van der Waals surface area contributed by atoms with Crippen molar-refractivity contribution >= 4 is 35.0 Å². The van der Waals surface area contributed by atoms with Crippen LogP contribution in [-0.2, 0) is 11.3 Å². The quantitative estimate of drug-likeness (QED) is 0.311. The molecule has 1 heterocycles. The second kappa shape index (κ2) is 10.7. The molecule has 32 heavy (non-hydrogen) atoms. The topological polar surface area (TPSA) is 69.0 Å². The van der Waals surface area contributed by atoms with Gasteiger partial charge in [0.15, 0.2) is 17.1 Å². The highest BCUT2D eigenvalue weighted by molar-refractivity contribution is 7.99. The van der Waals surface area contributed by atoms with E-state index < -0.39 is 0 Å². The van der Waals surface area contributed by atoms with Gasteiger partial charge in [-0.3, -0.25) is 9.36 Å². The molecule has 0 bridgehead atoms. The molecular weight excluding hydrogens is 444 g/mol. The number of nitrogens with zero attached hydrogens (tertiary/aromatic N) is 3. The molecule has 1 amide bonds. The van der Waals surface area contributed by atoms with Gasteiger partial charge in [0.05, 0.1) is 5.75 Å². The first kappa shape index (κ1) is 23.9. The third-order valence-corrected chi connectivity index (χ3v) is 6.46. The molecule has 1 N–H and O–H groups in total. The van der Waals surface area contributed by atoms with Crippen LogP contribution in [0.1, 0.15) is 35.5 Å². The van der Waals surface area contributed by atoms with Crippen LogP contribution in [0, 0.1) is 20.8 Å². The average Bonchev–Trinajstić information content (AvgIpc) is 3.15. The van der Waals surface area contributed by atoms with Gasteiger partial charge in [0.2, 0.25) is 5.91 Å². The molecule has 0 saturated carbocycles. The van der Waals surface area contributed by atoms with E-state index in [0.717, 1.165) is 22.4 Å². The van der Waals surface area contributed by atoms with E-state index >= 15 is 0 Å². The Kier molecular flexibility index (Phi) is 7.99. The summed E-state index contributed by atoms with van der Waals surface area (Å²) in [6, 6.07) is 11.4. The molecular formula is C24H27ClN4O2S. The van der Waals surface area contributed by atoms with Crippen LogP contribution in [0.25, 0.3) is 0 Å². The van der Waals surface area contributed by atoms with Crippen molar-refractivity contribution in [1.82, 2.24) is 14.8 Å². The van der Waals surface area contributed by atoms with Crippen molar-refractivity contribution in [1.29, 1.82) is 0 Å². The number of thioether (sulfide) groups is 1. The first-order valence-corrected chi connectivity index (χ1v) is 11.6. The number of anilines is 1. The minimum absolute atomic E-state index is 0.0978. The largest absolute Gasteiger partial charge is 0.483 e. The minimum Gasteiger partial charge on any atom is -0.483 e. The number of ether oxygens (including phenoxy) is 1. The van der Waals surface area contributed by atoms with Gasteiger partial charge in [-0.1, -0.05) is 41.6 Å². The Balaban J connectivity index is 1.69. The number of rotatable bonds is 9. The lowest BCUT2D eigenvalue weighted by molar-refractivity contribution is -0.113. The molecule has 6 nitrogen and oxygen atoms in total. The molecule has 0 aliphatic rings. The van der Waals surface area contributed by atoms with Crippen LogP contribution >= 0.6 is 23.4 Å². The number of allylic oxidation sites excluding steroid dienone is 1.